The van der Waals surface area contributed by atoms with Gasteiger partial charge in [0.25, 0.3) is 0 Å². The molecule has 0 aromatic carbocycles. The lowest BCUT2D eigenvalue weighted by Gasteiger charge is -2.34. The minimum absolute atomic E-state index is 0.0469. The third kappa shape index (κ3) is 4.70. The van der Waals surface area contributed by atoms with Gasteiger partial charge in [-0.2, -0.15) is 0 Å². The number of aliphatic carboxylic acids is 1. The van der Waals surface area contributed by atoms with Gasteiger partial charge >= 0.3 is 12.0 Å². The molecule has 6 heteroatoms. The minimum Gasteiger partial charge on any atom is -0.480 e. The molecule has 110 valence electrons. The lowest BCUT2D eigenvalue weighted by atomic mass is 9.90. The summed E-state index contributed by atoms with van der Waals surface area (Å²) in [5.74, 6) is -0.993. The fourth-order valence-electron chi connectivity index (χ4n) is 2.17. The number of rotatable bonds is 6. The predicted molar refractivity (Wildman–Crippen MR) is 71.1 cm³/mol. The van der Waals surface area contributed by atoms with Crippen LogP contribution in [0.1, 0.15) is 46.0 Å². The van der Waals surface area contributed by atoms with Crippen LogP contribution in [-0.2, 0) is 9.53 Å². The lowest BCUT2D eigenvalue weighted by Crippen LogP contribution is -2.60. The molecule has 0 radical (unpaired) electrons. The molecule has 1 atom stereocenters. The van der Waals surface area contributed by atoms with Crippen molar-refractivity contribution in [3.63, 3.8) is 0 Å². The highest BCUT2D eigenvalue weighted by Gasteiger charge is 2.41. The second kappa shape index (κ2) is 7.33. The van der Waals surface area contributed by atoms with Crippen LogP contribution < -0.4 is 10.6 Å². The van der Waals surface area contributed by atoms with Crippen LogP contribution in [0.3, 0.4) is 0 Å². The first-order valence-electron chi connectivity index (χ1n) is 6.90. The van der Waals surface area contributed by atoms with Gasteiger partial charge in [-0.1, -0.05) is 19.8 Å². The lowest BCUT2D eigenvalue weighted by molar-refractivity contribution is -0.148. The molecule has 0 aromatic heterocycles. The molecule has 0 saturated carbocycles. The van der Waals surface area contributed by atoms with E-state index in [2.05, 4.69) is 17.6 Å². The van der Waals surface area contributed by atoms with Gasteiger partial charge < -0.3 is 20.5 Å². The summed E-state index contributed by atoms with van der Waals surface area (Å²) in [5.41, 5.74) is -1.19. The number of unbranched alkanes of at least 4 members (excludes halogenated alkanes) is 1. The van der Waals surface area contributed by atoms with E-state index >= 15 is 0 Å². The number of hydrogen-bond acceptors (Lipinski definition) is 3. The Hall–Kier alpha value is -1.30. The molecule has 0 aromatic rings. The fraction of sp³-hybridized carbons (Fsp3) is 0.846. The monoisotopic (exact) mass is 272 g/mol. The Morgan fingerprint density at radius 3 is 2.53 bits per heavy atom. The first kappa shape index (κ1) is 15.8. The van der Waals surface area contributed by atoms with Crippen molar-refractivity contribution >= 4 is 12.0 Å². The summed E-state index contributed by atoms with van der Waals surface area (Å²) in [6.45, 7) is 4.73. The van der Waals surface area contributed by atoms with Crippen LogP contribution in [0.4, 0.5) is 4.79 Å². The number of nitrogens with one attached hydrogen (secondary N) is 2. The van der Waals surface area contributed by atoms with Crippen molar-refractivity contribution in [3.8, 4) is 0 Å². The molecule has 3 N–H and O–H groups in total. The van der Waals surface area contributed by atoms with E-state index in [1.807, 2.05) is 6.92 Å². The van der Waals surface area contributed by atoms with E-state index in [0.29, 0.717) is 26.1 Å². The molecule has 0 spiro atoms. The molecule has 2 amide bonds. The summed E-state index contributed by atoms with van der Waals surface area (Å²) in [4.78, 5) is 23.2. The molecule has 1 saturated heterocycles. The molecular weight excluding hydrogens is 248 g/mol. The Morgan fingerprint density at radius 1 is 1.37 bits per heavy atom. The third-order valence-electron chi connectivity index (χ3n) is 3.48. The summed E-state index contributed by atoms with van der Waals surface area (Å²) < 4.78 is 5.16. The van der Waals surface area contributed by atoms with Crippen LogP contribution >= 0.6 is 0 Å². The molecule has 1 fully saturated rings. The first-order chi connectivity index (χ1) is 9.00. The van der Waals surface area contributed by atoms with E-state index in [9.17, 15) is 14.7 Å². The van der Waals surface area contributed by atoms with Gasteiger partial charge in [-0.3, -0.25) is 0 Å². The number of hydrogen-bond donors (Lipinski definition) is 3. The van der Waals surface area contributed by atoms with Gasteiger partial charge in [0.1, 0.15) is 5.54 Å². The SMILES string of the molecule is CCCCC(C)NC(=O)NC1(C(=O)O)CCOCC1. The zero-order valence-corrected chi connectivity index (χ0v) is 11.7. The van der Waals surface area contributed by atoms with E-state index in [1.165, 1.54) is 0 Å². The summed E-state index contributed by atoms with van der Waals surface area (Å²) in [5, 5.41) is 14.7. The van der Waals surface area contributed by atoms with E-state index in [0.717, 1.165) is 19.3 Å². The number of carboxylic acids is 1. The van der Waals surface area contributed by atoms with Crippen molar-refractivity contribution < 1.29 is 19.4 Å². The number of ether oxygens (including phenoxy) is 1. The van der Waals surface area contributed by atoms with E-state index in [1.54, 1.807) is 0 Å². The van der Waals surface area contributed by atoms with Crippen molar-refractivity contribution in [2.24, 2.45) is 0 Å². The zero-order valence-electron chi connectivity index (χ0n) is 11.7. The Bertz CT molecular complexity index is 314. The van der Waals surface area contributed by atoms with Crippen LogP contribution in [-0.4, -0.2) is 41.9 Å². The highest BCUT2D eigenvalue weighted by molar-refractivity contribution is 5.86. The topological polar surface area (TPSA) is 87.7 Å². The number of carbonyl (C=O) groups excluding carboxylic acids is 1. The van der Waals surface area contributed by atoms with E-state index in [4.69, 9.17) is 4.74 Å². The molecule has 19 heavy (non-hydrogen) atoms. The van der Waals surface area contributed by atoms with Gasteiger partial charge in [0, 0.05) is 32.1 Å². The maximum atomic E-state index is 11.9. The number of carbonyl (C=O) groups is 2. The Balaban J connectivity index is 2.50. The average molecular weight is 272 g/mol. The predicted octanol–water partition coefficient (Wildman–Crippen LogP) is 1.50. The van der Waals surface area contributed by atoms with Gasteiger partial charge in [-0.15, -0.1) is 0 Å². The minimum atomic E-state index is -1.19. The summed E-state index contributed by atoms with van der Waals surface area (Å²) in [7, 11) is 0. The Morgan fingerprint density at radius 2 is 2.00 bits per heavy atom. The number of urea groups is 1. The maximum absolute atomic E-state index is 11.9. The third-order valence-corrected chi connectivity index (χ3v) is 3.48. The van der Waals surface area contributed by atoms with E-state index in [-0.39, 0.29) is 6.04 Å². The van der Waals surface area contributed by atoms with Crippen LogP contribution in [0.2, 0.25) is 0 Å². The smallest absolute Gasteiger partial charge is 0.329 e. The van der Waals surface area contributed by atoms with Crippen molar-refractivity contribution in [1.29, 1.82) is 0 Å². The second-order valence-corrected chi connectivity index (χ2v) is 5.14. The van der Waals surface area contributed by atoms with Crippen LogP contribution in [0, 0.1) is 0 Å². The average Bonchev–Trinajstić information content (AvgIpc) is 2.37. The molecule has 6 nitrogen and oxygen atoms in total. The first-order valence-corrected chi connectivity index (χ1v) is 6.90. The van der Waals surface area contributed by atoms with Crippen LogP contribution in [0.5, 0.6) is 0 Å². The second-order valence-electron chi connectivity index (χ2n) is 5.14. The summed E-state index contributed by atoms with van der Waals surface area (Å²) in [6, 6.07) is -0.362. The molecule has 1 aliphatic rings. The van der Waals surface area contributed by atoms with Crippen molar-refractivity contribution in [2.75, 3.05) is 13.2 Å². The largest absolute Gasteiger partial charge is 0.480 e. The van der Waals surface area contributed by atoms with Gasteiger partial charge in [0.15, 0.2) is 0 Å². The fourth-order valence-corrected chi connectivity index (χ4v) is 2.17. The standard InChI is InChI=1S/C13H24N2O4/c1-3-4-5-10(2)14-12(18)15-13(11(16)17)6-8-19-9-7-13/h10H,3-9H2,1-2H3,(H,16,17)(H2,14,15,18). The quantitative estimate of drug-likeness (QED) is 0.683. The summed E-state index contributed by atoms with van der Waals surface area (Å²) in [6.07, 6.45) is 3.62. The highest BCUT2D eigenvalue weighted by Crippen LogP contribution is 2.21. The van der Waals surface area contributed by atoms with Crippen molar-refractivity contribution in [2.45, 2.75) is 57.5 Å². The van der Waals surface area contributed by atoms with Gasteiger partial charge in [0.2, 0.25) is 0 Å². The Kier molecular flexibility index (Phi) is 6.08. The molecule has 1 aliphatic heterocycles. The van der Waals surface area contributed by atoms with Gasteiger partial charge in [-0.05, 0) is 13.3 Å². The molecule has 0 bridgehead atoms. The molecule has 0 aliphatic carbocycles. The van der Waals surface area contributed by atoms with E-state index < -0.39 is 17.5 Å². The molecule has 1 rings (SSSR count). The molecule has 1 heterocycles. The number of amides is 2. The normalized spacial score (nSPS) is 19.5. The van der Waals surface area contributed by atoms with Gasteiger partial charge in [-0.25, -0.2) is 9.59 Å². The molecular formula is C13H24N2O4. The molecule has 1 unspecified atom stereocenters. The van der Waals surface area contributed by atoms with Gasteiger partial charge in [0.05, 0.1) is 0 Å². The van der Waals surface area contributed by atoms with Crippen molar-refractivity contribution in [3.05, 3.63) is 0 Å². The maximum Gasteiger partial charge on any atom is 0.329 e. The van der Waals surface area contributed by atoms with Crippen LogP contribution in [0.15, 0.2) is 0 Å². The van der Waals surface area contributed by atoms with Crippen molar-refractivity contribution in [1.82, 2.24) is 10.6 Å². The van der Waals surface area contributed by atoms with Crippen LogP contribution in [0.25, 0.3) is 0 Å². The number of carboxylic acid groups (broad SMARTS) is 1. The highest BCUT2D eigenvalue weighted by atomic mass is 16.5. The zero-order chi connectivity index (χ0) is 14.3. The Labute approximate surface area is 113 Å². The summed E-state index contributed by atoms with van der Waals surface area (Å²) >= 11 is 0.